The molecule has 0 aliphatic heterocycles. The summed E-state index contributed by atoms with van der Waals surface area (Å²) in [5, 5.41) is 20.6. The fraction of sp³-hybridized carbons (Fsp3) is 0.211. The normalized spacial score (nSPS) is 11.0. The number of fused-ring (bicyclic) bond motifs is 2. The Hall–Kier alpha value is -2.95. The third kappa shape index (κ3) is 2.48. The lowest BCUT2D eigenvalue weighted by Gasteiger charge is -2.12. The van der Waals surface area contributed by atoms with Gasteiger partial charge in [0.1, 0.15) is 22.5 Å². The maximum absolute atomic E-state index is 12.8. The monoisotopic (exact) mass is 326 g/mol. The average Bonchev–Trinajstić information content (AvgIpc) is 2.54. The van der Waals surface area contributed by atoms with Crippen LogP contribution in [0.25, 0.3) is 21.9 Å². The number of hydrogen-bond acceptors (Lipinski definition) is 5. The fourth-order valence-electron chi connectivity index (χ4n) is 2.72. The molecule has 0 unspecified atom stereocenters. The topological polar surface area (TPSA) is 79.9 Å². The minimum atomic E-state index is -0.388. The summed E-state index contributed by atoms with van der Waals surface area (Å²) in [5.41, 5.74) is 1.68. The van der Waals surface area contributed by atoms with Crippen molar-refractivity contribution in [2.75, 3.05) is 7.11 Å². The van der Waals surface area contributed by atoms with Crippen molar-refractivity contribution >= 4 is 21.9 Å². The standard InChI is InChI=1S/C19H18O5/c1-10(2)7-8-11-15(23-3)9-14(21)16-17(22)12-5-4-6-13(20)18(12)24-19(11)16/h4-7,9,20-21H,8H2,1-3H3. The smallest absolute Gasteiger partial charge is 0.204 e. The molecule has 24 heavy (non-hydrogen) atoms. The Morgan fingerprint density at radius 2 is 1.96 bits per heavy atom. The van der Waals surface area contributed by atoms with Crippen molar-refractivity contribution in [1.29, 1.82) is 0 Å². The second kappa shape index (κ2) is 5.92. The lowest BCUT2D eigenvalue weighted by atomic mass is 10.0. The van der Waals surface area contributed by atoms with Crippen LogP contribution in [0.2, 0.25) is 0 Å². The Labute approximate surface area is 138 Å². The van der Waals surface area contributed by atoms with E-state index in [-0.39, 0.29) is 38.9 Å². The van der Waals surface area contributed by atoms with E-state index in [4.69, 9.17) is 9.15 Å². The molecule has 0 bridgehead atoms. The predicted octanol–water partition coefficient (Wildman–Crippen LogP) is 3.87. The minimum Gasteiger partial charge on any atom is -0.507 e. The number of aromatic hydroxyl groups is 2. The van der Waals surface area contributed by atoms with Gasteiger partial charge in [0.25, 0.3) is 0 Å². The highest BCUT2D eigenvalue weighted by molar-refractivity contribution is 5.97. The highest BCUT2D eigenvalue weighted by Crippen LogP contribution is 2.37. The zero-order valence-corrected chi connectivity index (χ0v) is 13.7. The Morgan fingerprint density at radius 3 is 2.62 bits per heavy atom. The van der Waals surface area contributed by atoms with Crippen LogP contribution in [0.15, 0.2) is 45.1 Å². The number of allylic oxidation sites excluding steroid dienone is 2. The number of para-hydroxylation sites is 1. The van der Waals surface area contributed by atoms with Crippen molar-refractivity contribution in [3.63, 3.8) is 0 Å². The third-order valence-electron chi connectivity index (χ3n) is 3.93. The molecule has 0 aliphatic rings. The van der Waals surface area contributed by atoms with Gasteiger partial charge in [-0.2, -0.15) is 0 Å². The lowest BCUT2D eigenvalue weighted by Crippen LogP contribution is -2.05. The summed E-state index contributed by atoms with van der Waals surface area (Å²) in [5.74, 6) is 0.0965. The van der Waals surface area contributed by atoms with Gasteiger partial charge in [0.05, 0.1) is 12.5 Å². The van der Waals surface area contributed by atoms with Gasteiger partial charge >= 0.3 is 0 Å². The third-order valence-corrected chi connectivity index (χ3v) is 3.93. The molecule has 0 atom stereocenters. The molecular formula is C19H18O5. The van der Waals surface area contributed by atoms with Crippen LogP contribution in [0.3, 0.4) is 0 Å². The molecule has 5 nitrogen and oxygen atoms in total. The highest BCUT2D eigenvalue weighted by atomic mass is 16.5. The number of hydrogen-bond donors (Lipinski definition) is 2. The number of phenols is 2. The quantitative estimate of drug-likeness (QED) is 0.564. The van der Waals surface area contributed by atoms with Crippen molar-refractivity contribution in [2.24, 2.45) is 0 Å². The van der Waals surface area contributed by atoms with Crippen molar-refractivity contribution in [3.8, 4) is 17.2 Å². The van der Waals surface area contributed by atoms with Crippen molar-refractivity contribution in [3.05, 3.63) is 51.7 Å². The highest BCUT2D eigenvalue weighted by Gasteiger charge is 2.20. The first kappa shape index (κ1) is 15.9. The largest absolute Gasteiger partial charge is 0.507 e. The molecule has 1 aromatic heterocycles. The molecular weight excluding hydrogens is 308 g/mol. The van der Waals surface area contributed by atoms with Crippen molar-refractivity contribution in [1.82, 2.24) is 0 Å². The summed E-state index contributed by atoms with van der Waals surface area (Å²) in [7, 11) is 1.49. The summed E-state index contributed by atoms with van der Waals surface area (Å²) < 4.78 is 11.2. The Bertz CT molecular complexity index is 1020. The second-order valence-corrected chi connectivity index (χ2v) is 5.85. The number of ether oxygens (including phenoxy) is 1. The average molecular weight is 326 g/mol. The molecule has 5 heteroatoms. The number of rotatable bonds is 3. The van der Waals surface area contributed by atoms with Crippen molar-refractivity contribution in [2.45, 2.75) is 20.3 Å². The van der Waals surface area contributed by atoms with Crippen LogP contribution in [0.1, 0.15) is 19.4 Å². The van der Waals surface area contributed by atoms with Gasteiger partial charge in [-0.15, -0.1) is 0 Å². The molecule has 0 spiro atoms. The molecule has 0 saturated carbocycles. The fourth-order valence-corrected chi connectivity index (χ4v) is 2.72. The van der Waals surface area contributed by atoms with Crippen molar-refractivity contribution < 1.29 is 19.4 Å². The van der Waals surface area contributed by atoms with E-state index >= 15 is 0 Å². The summed E-state index contributed by atoms with van der Waals surface area (Å²) in [6.45, 7) is 3.93. The Kier molecular flexibility index (Phi) is 3.93. The molecule has 0 saturated heterocycles. The van der Waals surface area contributed by atoms with E-state index in [1.165, 1.54) is 19.2 Å². The number of methoxy groups -OCH3 is 1. The predicted molar refractivity (Wildman–Crippen MR) is 93.0 cm³/mol. The zero-order valence-electron chi connectivity index (χ0n) is 13.7. The maximum atomic E-state index is 12.8. The first-order valence-corrected chi connectivity index (χ1v) is 7.54. The molecule has 0 radical (unpaired) electrons. The van der Waals surface area contributed by atoms with Gasteiger partial charge in [0.2, 0.25) is 5.43 Å². The van der Waals surface area contributed by atoms with Gasteiger partial charge in [0, 0.05) is 11.6 Å². The molecule has 0 fully saturated rings. The van der Waals surface area contributed by atoms with E-state index < -0.39 is 0 Å². The molecule has 3 aromatic rings. The minimum absolute atomic E-state index is 0.0889. The molecule has 2 N–H and O–H groups in total. The van der Waals surface area contributed by atoms with E-state index in [9.17, 15) is 15.0 Å². The zero-order chi connectivity index (χ0) is 17.4. The van der Waals surface area contributed by atoms with Crippen LogP contribution in [0, 0.1) is 0 Å². The van der Waals surface area contributed by atoms with Crippen LogP contribution in [0.4, 0.5) is 0 Å². The molecule has 1 heterocycles. The van der Waals surface area contributed by atoms with Crippen LogP contribution < -0.4 is 10.2 Å². The van der Waals surface area contributed by atoms with Gasteiger partial charge in [0.15, 0.2) is 11.3 Å². The summed E-state index contributed by atoms with van der Waals surface area (Å²) >= 11 is 0. The molecule has 0 aliphatic carbocycles. The SMILES string of the molecule is COc1cc(O)c2c(=O)c3cccc(O)c3oc2c1CC=C(C)C. The summed E-state index contributed by atoms with van der Waals surface area (Å²) in [6.07, 6.45) is 2.45. The summed E-state index contributed by atoms with van der Waals surface area (Å²) in [4.78, 5) is 12.8. The van der Waals surface area contributed by atoms with Gasteiger partial charge < -0.3 is 19.4 Å². The van der Waals surface area contributed by atoms with Crippen LogP contribution in [-0.4, -0.2) is 17.3 Å². The van der Waals surface area contributed by atoms with E-state index in [0.717, 1.165) is 5.57 Å². The molecule has 0 amide bonds. The molecule has 124 valence electrons. The lowest BCUT2D eigenvalue weighted by molar-refractivity contribution is 0.403. The van der Waals surface area contributed by atoms with E-state index in [1.54, 1.807) is 12.1 Å². The Morgan fingerprint density at radius 1 is 1.21 bits per heavy atom. The van der Waals surface area contributed by atoms with E-state index in [2.05, 4.69) is 0 Å². The first-order chi connectivity index (χ1) is 11.4. The molecule has 2 aromatic carbocycles. The van der Waals surface area contributed by atoms with Crippen LogP contribution >= 0.6 is 0 Å². The summed E-state index contributed by atoms with van der Waals surface area (Å²) in [6, 6.07) is 5.99. The van der Waals surface area contributed by atoms with E-state index in [1.807, 2.05) is 19.9 Å². The Balaban J connectivity index is 2.50. The molecule has 3 rings (SSSR count). The van der Waals surface area contributed by atoms with E-state index in [0.29, 0.717) is 17.7 Å². The van der Waals surface area contributed by atoms with Crippen LogP contribution in [0.5, 0.6) is 17.2 Å². The second-order valence-electron chi connectivity index (χ2n) is 5.85. The van der Waals surface area contributed by atoms with Crippen LogP contribution in [-0.2, 0) is 6.42 Å². The van der Waals surface area contributed by atoms with Gasteiger partial charge in [-0.1, -0.05) is 17.7 Å². The number of phenolic OH excluding ortho intramolecular Hbond substituents is 2. The maximum Gasteiger partial charge on any atom is 0.204 e. The van der Waals surface area contributed by atoms with Gasteiger partial charge in [-0.3, -0.25) is 4.79 Å². The number of benzene rings is 2. The first-order valence-electron chi connectivity index (χ1n) is 7.54. The van der Waals surface area contributed by atoms with Gasteiger partial charge in [-0.25, -0.2) is 0 Å². The van der Waals surface area contributed by atoms with Gasteiger partial charge in [-0.05, 0) is 32.4 Å².